The average Bonchev–Trinajstić information content (AvgIpc) is 2.75. The topological polar surface area (TPSA) is 72.5 Å². The van der Waals surface area contributed by atoms with E-state index in [1.54, 1.807) is 86.0 Å². The van der Waals surface area contributed by atoms with Gasteiger partial charge in [-0.25, -0.2) is 8.42 Å². The Morgan fingerprint density at radius 2 is 1.46 bits per heavy atom. The van der Waals surface area contributed by atoms with Crippen LogP contribution in [0.15, 0.2) is 89.8 Å². The number of sulfone groups is 1. The minimum Gasteiger partial charge on any atom is -0.497 e. The van der Waals surface area contributed by atoms with Gasteiger partial charge in [0.1, 0.15) is 11.0 Å². The lowest BCUT2D eigenvalue weighted by molar-refractivity contribution is 0.0953. The Bertz CT molecular complexity index is 1020. The van der Waals surface area contributed by atoms with Crippen LogP contribution in [-0.2, 0) is 9.84 Å². The summed E-state index contributed by atoms with van der Waals surface area (Å²) in [5.41, 5.74) is 1.06. The fourth-order valence-corrected chi connectivity index (χ4v) is 4.56. The lowest BCUT2D eigenvalue weighted by atomic mass is 10.1. The molecule has 0 bridgehead atoms. The molecule has 6 heteroatoms. The fraction of sp³-hybridized carbons (Fsp3) is 0.136. The summed E-state index contributed by atoms with van der Waals surface area (Å²) in [4.78, 5) is 12.7. The number of carbonyl (C=O) groups excluding carboxylic acids is 1. The van der Waals surface area contributed by atoms with E-state index in [1.807, 2.05) is 6.07 Å². The van der Waals surface area contributed by atoms with E-state index >= 15 is 0 Å². The van der Waals surface area contributed by atoms with E-state index in [4.69, 9.17) is 4.74 Å². The van der Waals surface area contributed by atoms with Gasteiger partial charge in [-0.05, 0) is 42.0 Å². The summed E-state index contributed by atoms with van der Waals surface area (Å²) < 4.78 is 31.5. The van der Waals surface area contributed by atoms with Crippen molar-refractivity contribution in [3.8, 4) is 5.75 Å². The number of carbonyl (C=O) groups is 1. The monoisotopic (exact) mass is 395 g/mol. The molecule has 0 radical (unpaired) electrons. The first kappa shape index (κ1) is 19.6. The lowest BCUT2D eigenvalue weighted by Gasteiger charge is -2.19. The Balaban J connectivity index is 1.85. The molecule has 0 aliphatic heterocycles. The van der Waals surface area contributed by atoms with E-state index in [0.29, 0.717) is 16.9 Å². The molecule has 1 atom stereocenters. The highest BCUT2D eigenvalue weighted by Gasteiger charge is 2.29. The Morgan fingerprint density at radius 1 is 0.893 bits per heavy atom. The molecule has 1 N–H and O–H groups in total. The van der Waals surface area contributed by atoms with E-state index in [1.165, 1.54) is 0 Å². The quantitative estimate of drug-likeness (QED) is 0.663. The van der Waals surface area contributed by atoms with Crippen LogP contribution in [0.4, 0.5) is 0 Å². The zero-order chi connectivity index (χ0) is 20.0. The molecule has 0 saturated carbocycles. The molecule has 3 rings (SSSR count). The van der Waals surface area contributed by atoms with Crippen molar-refractivity contribution in [1.82, 2.24) is 5.32 Å². The molecule has 0 aliphatic carbocycles. The summed E-state index contributed by atoms with van der Waals surface area (Å²) in [6.07, 6.45) is 0. The number of nitrogens with one attached hydrogen (secondary N) is 1. The van der Waals surface area contributed by atoms with Crippen molar-refractivity contribution in [1.29, 1.82) is 0 Å². The van der Waals surface area contributed by atoms with E-state index in [0.717, 1.165) is 0 Å². The van der Waals surface area contributed by atoms with E-state index in [-0.39, 0.29) is 17.3 Å². The van der Waals surface area contributed by atoms with Crippen LogP contribution in [0.5, 0.6) is 5.75 Å². The van der Waals surface area contributed by atoms with Crippen LogP contribution in [0.25, 0.3) is 0 Å². The largest absolute Gasteiger partial charge is 0.497 e. The van der Waals surface area contributed by atoms with Crippen molar-refractivity contribution in [3.05, 3.63) is 96.1 Å². The highest BCUT2D eigenvalue weighted by Crippen LogP contribution is 2.28. The average molecular weight is 395 g/mol. The lowest BCUT2D eigenvalue weighted by Crippen LogP contribution is -2.32. The van der Waals surface area contributed by atoms with Gasteiger partial charge in [0, 0.05) is 12.1 Å². The summed E-state index contributed by atoms with van der Waals surface area (Å²) in [7, 11) is -2.13. The number of hydrogen-bond donors (Lipinski definition) is 1. The summed E-state index contributed by atoms with van der Waals surface area (Å²) in [6.45, 7) is -0.0356. The molecule has 0 aromatic heterocycles. The molecular formula is C22H21NO4S. The highest BCUT2D eigenvalue weighted by atomic mass is 32.2. The van der Waals surface area contributed by atoms with Crippen molar-refractivity contribution in [2.75, 3.05) is 13.7 Å². The second kappa shape index (κ2) is 8.71. The number of amides is 1. The van der Waals surface area contributed by atoms with Gasteiger partial charge in [-0.3, -0.25) is 4.79 Å². The van der Waals surface area contributed by atoms with Crippen molar-refractivity contribution >= 4 is 15.7 Å². The van der Waals surface area contributed by atoms with Crippen LogP contribution in [0, 0.1) is 0 Å². The minimum atomic E-state index is -3.68. The molecule has 0 fully saturated rings. The second-order valence-electron chi connectivity index (χ2n) is 6.20. The summed E-state index contributed by atoms with van der Waals surface area (Å²) in [5.74, 6) is 0.303. The van der Waals surface area contributed by atoms with Gasteiger partial charge >= 0.3 is 0 Å². The predicted molar refractivity (Wildman–Crippen MR) is 108 cm³/mol. The first-order valence-electron chi connectivity index (χ1n) is 8.78. The zero-order valence-corrected chi connectivity index (χ0v) is 16.2. The standard InChI is InChI=1S/C22H21NO4S/c1-27-19-14-12-18(13-15-19)22(24)23-16-21(17-8-4-2-5-9-17)28(25,26)20-10-6-3-7-11-20/h2-15,21H,16H2,1H3,(H,23,24)/t21-/m0/s1. The van der Waals surface area contributed by atoms with Crippen LogP contribution in [0.1, 0.15) is 21.2 Å². The summed E-state index contributed by atoms with van der Waals surface area (Å²) in [5, 5.41) is 1.86. The van der Waals surface area contributed by atoms with E-state index in [2.05, 4.69) is 5.32 Å². The smallest absolute Gasteiger partial charge is 0.251 e. The Morgan fingerprint density at radius 3 is 2.04 bits per heavy atom. The number of benzene rings is 3. The fourth-order valence-electron chi connectivity index (χ4n) is 2.88. The first-order valence-corrected chi connectivity index (χ1v) is 10.3. The van der Waals surface area contributed by atoms with Gasteiger partial charge in [-0.1, -0.05) is 48.5 Å². The van der Waals surface area contributed by atoms with Crippen LogP contribution in [0.2, 0.25) is 0 Å². The molecule has 144 valence electrons. The van der Waals surface area contributed by atoms with Crippen LogP contribution in [0.3, 0.4) is 0 Å². The maximum Gasteiger partial charge on any atom is 0.251 e. The molecule has 3 aromatic rings. The Kier molecular flexibility index (Phi) is 6.11. The predicted octanol–water partition coefficient (Wildman–Crippen LogP) is 3.64. The second-order valence-corrected chi connectivity index (χ2v) is 8.33. The van der Waals surface area contributed by atoms with E-state index < -0.39 is 15.1 Å². The number of hydrogen-bond acceptors (Lipinski definition) is 4. The molecule has 1 amide bonds. The third-order valence-corrected chi connectivity index (χ3v) is 6.54. The van der Waals surface area contributed by atoms with Crippen molar-refractivity contribution < 1.29 is 17.9 Å². The molecule has 0 heterocycles. The summed E-state index contributed by atoms with van der Waals surface area (Å²) >= 11 is 0. The molecule has 0 spiro atoms. The summed E-state index contributed by atoms with van der Waals surface area (Å²) in [6, 6.07) is 23.8. The van der Waals surface area contributed by atoms with Gasteiger partial charge in [0.2, 0.25) is 0 Å². The van der Waals surface area contributed by atoms with Crippen molar-refractivity contribution in [2.45, 2.75) is 10.1 Å². The first-order chi connectivity index (χ1) is 13.5. The van der Waals surface area contributed by atoms with Gasteiger partial charge in [0.15, 0.2) is 9.84 Å². The van der Waals surface area contributed by atoms with Crippen LogP contribution in [-0.4, -0.2) is 28.0 Å². The van der Waals surface area contributed by atoms with Gasteiger partial charge in [0.05, 0.1) is 12.0 Å². The van der Waals surface area contributed by atoms with Crippen LogP contribution < -0.4 is 10.1 Å². The SMILES string of the molecule is COc1ccc(C(=O)NC[C@@H](c2ccccc2)S(=O)(=O)c2ccccc2)cc1. The molecule has 5 nitrogen and oxygen atoms in total. The van der Waals surface area contributed by atoms with Gasteiger partial charge in [-0.2, -0.15) is 0 Å². The minimum absolute atomic E-state index is 0.0356. The Hall–Kier alpha value is -3.12. The third-order valence-electron chi connectivity index (χ3n) is 4.42. The Labute approximate surface area is 164 Å². The maximum atomic E-state index is 13.2. The van der Waals surface area contributed by atoms with Gasteiger partial charge in [0.25, 0.3) is 5.91 Å². The van der Waals surface area contributed by atoms with Crippen molar-refractivity contribution in [2.24, 2.45) is 0 Å². The maximum absolute atomic E-state index is 13.2. The van der Waals surface area contributed by atoms with Gasteiger partial charge < -0.3 is 10.1 Å². The third kappa shape index (κ3) is 4.40. The normalized spacial score (nSPS) is 12.2. The molecule has 0 aliphatic rings. The number of methoxy groups -OCH3 is 1. The van der Waals surface area contributed by atoms with Crippen LogP contribution >= 0.6 is 0 Å². The zero-order valence-electron chi connectivity index (χ0n) is 15.4. The molecule has 0 saturated heterocycles. The number of rotatable bonds is 7. The van der Waals surface area contributed by atoms with Gasteiger partial charge in [-0.15, -0.1) is 0 Å². The molecule has 28 heavy (non-hydrogen) atoms. The van der Waals surface area contributed by atoms with Crippen molar-refractivity contribution in [3.63, 3.8) is 0 Å². The molecule has 0 unspecified atom stereocenters. The molecular weight excluding hydrogens is 374 g/mol. The number of ether oxygens (including phenoxy) is 1. The molecule has 3 aromatic carbocycles. The highest BCUT2D eigenvalue weighted by molar-refractivity contribution is 7.91. The van der Waals surface area contributed by atoms with E-state index in [9.17, 15) is 13.2 Å².